The van der Waals surface area contributed by atoms with E-state index in [1.807, 2.05) is 178 Å². The van der Waals surface area contributed by atoms with Crippen molar-refractivity contribution in [3.63, 3.8) is 0 Å². The number of hydrogen-bond acceptors (Lipinski definition) is 14. The molecule has 10 aromatic carbocycles. The Morgan fingerprint density at radius 2 is 0.663 bits per heavy atom. The molecule has 0 saturated heterocycles. The van der Waals surface area contributed by atoms with E-state index in [0.29, 0.717) is 46.3 Å². The maximum absolute atomic E-state index is 8.06. The molecule has 454 valence electrons. The Labute approximate surface area is 544 Å². The molecule has 0 saturated carbocycles. The molecular weight excluding hydrogens is 1210 g/mol. The van der Waals surface area contributed by atoms with Gasteiger partial charge in [-0.15, -0.1) is 15.3 Å². The molecule has 21 heteroatoms. The molecule has 0 N–H and O–H groups in total. The Bertz CT molecular complexity index is 6750. The minimum Gasteiger partial charge on any atom is -0.416 e. The third kappa shape index (κ3) is 8.18. The minimum absolute atomic E-state index is 0.188. The second kappa shape index (κ2) is 20.8. The zero-order valence-corrected chi connectivity index (χ0v) is 51.4. The summed E-state index contributed by atoms with van der Waals surface area (Å²) in [4.78, 5) is 20.5. The normalized spacial score (nSPS) is 12.6. The van der Waals surface area contributed by atoms with Gasteiger partial charge in [0, 0.05) is 15.2 Å². The number of fused-ring (bicyclic) bond motifs is 20. The summed E-state index contributed by atoms with van der Waals surface area (Å²) in [6.07, 6.45) is 0. The van der Waals surface area contributed by atoms with E-state index < -0.39 is 6.85 Å². The quantitative estimate of drug-likeness (QED) is 0.152. The second-order valence-corrected chi connectivity index (χ2v) is 24.1. The van der Waals surface area contributed by atoms with E-state index in [1.165, 1.54) is 5.56 Å². The zero-order valence-electron chi connectivity index (χ0n) is 53.6. The van der Waals surface area contributed by atoms with Gasteiger partial charge in [0.15, 0.2) is 4.96 Å². The van der Waals surface area contributed by atoms with Crippen LogP contribution in [-0.2, 0) is 0 Å². The predicted molar refractivity (Wildman–Crippen MR) is 369 cm³/mol. The lowest BCUT2D eigenvalue weighted by atomic mass is 10.2. The number of hydrogen-bond donors (Lipinski definition) is 0. The minimum atomic E-state index is -2.32. The van der Waals surface area contributed by atoms with Gasteiger partial charge in [0.1, 0.15) is 0 Å². The molecule has 21 aromatic rings. The van der Waals surface area contributed by atoms with Crippen molar-refractivity contribution in [2.24, 2.45) is 0 Å². The standard InChI is InChI=1S/C30H20N8O.C22H15N5O.C22H14N4OS/c1-17-9-7-15-23-25(17)31-27-35(23)19-11-3-5-13-21(19)37(27)29-33-34-30(39-29)38-22-14-6-4-12-20(22)36-24-16-8-10-18(2)26(24)32-28(36)38;1-14-8-7-13-18-19(14)23-21-26(18)16-11-5-6-12-17(16)27(21)22-25-24-20(28-22)15-9-3-2-4-10-15;1-13-7-5-11-16-18(13)23-22-26(16)17-12-6-10-15(19(17)28-22)21-25-24-20(27-21)14-8-3-2-4-9-14/h3-16H,1-2H3;2-13H,1H3;2-12H,1H3/i1D3;;. The number of rotatable bonds is 6. The molecule has 0 aliphatic carbocycles. The van der Waals surface area contributed by atoms with Crippen LogP contribution in [0.15, 0.2) is 238 Å². The van der Waals surface area contributed by atoms with Crippen molar-refractivity contribution in [3.8, 4) is 52.4 Å². The van der Waals surface area contributed by atoms with Crippen LogP contribution < -0.4 is 0 Å². The fourth-order valence-electron chi connectivity index (χ4n) is 13.1. The van der Waals surface area contributed by atoms with Gasteiger partial charge >= 0.3 is 18.0 Å². The number of imidazole rings is 7. The van der Waals surface area contributed by atoms with Crippen LogP contribution in [0.25, 0.3) is 162 Å². The van der Waals surface area contributed by atoms with Gasteiger partial charge in [-0.25, -0.2) is 33.6 Å². The van der Waals surface area contributed by atoms with Gasteiger partial charge in [-0.1, -0.05) is 154 Å². The van der Waals surface area contributed by atoms with Gasteiger partial charge in [-0.2, -0.15) is 0 Å². The summed E-state index contributed by atoms with van der Waals surface area (Å²) in [7, 11) is 0. The smallest absolute Gasteiger partial charge is 0.331 e. The molecule has 21 rings (SSSR count). The van der Waals surface area contributed by atoms with Gasteiger partial charge in [-0.3, -0.25) is 17.6 Å². The van der Waals surface area contributed by atoms with Crippen LogP contribution in [0.1, 0.15) is 26.4 Å². The van der Waals surface area contributed by atoms with E-state index in [0.717, 1.165) is 115 Å². The molecule has 0 aliphatic heterocycles. The zero-order chi connectivity index (χ0) is 65.7. The second-order valence-electron chi connectivity index (χ2n) is 23.1. The first-order chi connectivity index (χ1) is 48.0. The number of benzene rings is 10. The van der Waals surface area contributed by atoms with Gasteiger partial charge in [0.05, 0.1) is 93.0 Å². The van der Waals surface area contributed by atoms with E-state index in [1.54, 1.807) is 28.0 Å². The average molecular weight is 1260 g/mol. The van der Waals surface area contributed by atoms with Crippen molar-refractivity contribution < 1.29 is 17.4 Å². The molecule has 0 amide bonds. The summed E-state index contributed by atoms with van der Waals surface area (Å²) in [5, 5.41) is 26.1. The SMILES string of the molecule is Cc1cccc2c1nc1n(-c3nnc(-c4ccccc4)o3)c3ccccc3n21.Cc1cccc2c1nc1sc3c(-c4nnc(-c5ccccc5)o4)cccc3n12.[2H]C([2H])([2H])c1cccc2c1nc1n(-c3nnc(-n4c5ccccc5n5c6cccc(C)c6nc45)o3)c3ccccc3n21. The fourth-order valence-corrected chi connectivity index (χ4v) is 14.3. The molecule has 0 atom stereocenters. The van der Waals surface area contributed by atoms with Crippen LogP contribution in [-0.4, -0.2) is 81.8 Å². The highest BCUT2D eigenvalue weighted by Gasteiger charge is 2.27. The molecule has 95 heavy (non-hydrogen) atoms. The van der Waals surface area contributed by atoms with Crippen molar-refractivity contribution in [2.75, 3.05) is 0 Å². The van der Waals surface area contributed by atoms with Gasteiger partial charge in [-0.05, 0) is 147 Å². The first-order valence-corrected chi connectivity index (χ1v) is 31.4. The number of thiazole rings is 1. The topological polar surface area (TPSA) is 201 Å². The highest BCUT2D eigenvalue weighted by Crippen LogP contribution is 2.39. The first kappa shape index (κ1) is 50.8. The lowest BCUT2D eigenvalue weighted by Crippen LogP contribution is -1.96. The van der Waals surface area contributed by atoms with E-state index in [-0.39, 0.29) is 17.6 Å². The number of aryl methyl sites for hydroxylation is 4. The summed E-state index contributed by atoms with van der Waals surface area (Å²) < 4.78 is 57.7. The maximum Gasteiger partial charge on any atom is 0.331 e. The highest BCUT2D eigenvalue weighted by atomic mass is 32.1. The first-order valence-electron chi connectivity index (χ1n) is 32.1. The third-order valence-electron chi connectivity index (χ3n) is 17.5. The third-order valence-corrected chi connectivity index (χ3v) is 18.6. The number of aromatic nitrogens is 17. The molecule has 0 radical (unpaired) electrons. The van der Waals surface area contributed by atoms with Crippen LogP contribution in [0.2, 0.25) is 0 Å². The molecular formula is C74H49N17O3S. The maximum atomic E-state index is 8.06. The molecule has 11 aromatic heterocycles. The van der Waals surface area contributed by atoms with E-state index in [4.69, 9.17) is 37.3 Å². The molecule has 0 aliphatic rings. The molecule has 20 nitrogen and oxygen atoms in total. The summed E-state index contributed by atoms with van der Waals surface area (Å²) in [5.74, 6) is 3.42. The van der Waals surface area contributed by atoms with Crippen LogP contribution in [0, 0.1) is 27.6 Å². The van der Waals surface area contributed by atoms with Crippen molar-refractivity contribution in [3.05, 3.63) is 247 Å². The molecule has 11 heterocycles. The van der Waals surface area contributed by atoms with Crippen molar-refractivity contribution in [1.82, 2.24) is 81.8 Å². The Balaban J connectivity index is 0.000000106. The summed E-state index contributed by atoms with van der Waals surface area (Å²) in [6.45, 7) is 3.89. The van der Waals surface area contributed by atoms with Crippen LogP contribution >= 0.6 is 11.3 Å². The summed E-state index contributed by atoms with van der Waals surface area (Å²) in [5.41, 5.74) is 20.1. The van der Waals surface area contributed by atoms with Crippen molar-refractivity contribution in [1.29, 1.82) is 0 Å². The summed E-state index contributed by atoms with van der Waals surface area (Å²) >= 11 is 1.65. The van der Waals surface area contributed by atoms with Gasteiger partial charge < -0.3 is 13.3 Å². The average Bonchev–Trinajstić information content (AvgIpc) is 1.57. The number of para-hydroxylation sites is 10. The lowest BCUT2D eigenvalue weighted by Gasteiger charge is -2.00. The van der Waals surface area contributed by atoms with Crippen molar-refractivity contribution in [2.45, 2.75) is 27.6 Å². The van der Waals surface area contributed by atoms with E-state index in [2.05, 4.69) is 112 Å². The molecule has 0 bridgehead atoms. The Hall–Kier alpha value is -12.9. The monoisotopic (exact) mass is 1260 g/mol. The van der Waals surface area contributed by atoms with Crippen LogP contribution in [0.5, 0.6) is 0 Å². The van der Waals surface area contributed by atoms with Crippen molar-refractivity contribution >= 4 is 121 Å². The lowest BCUT2D eigenvalue weighted by molar-refractivity contribution is 0.512. The van der Waals surface area contributed by atoms with Crippen LogP contribution in [0.3, 0.4) is 0 Å². The Morgan fingerprint density at radius 1 is 0.305 bits per heavy atom. The number of nitrogens with zero attached hydrogens (tertiary/aromatic N) is 17. The Kier molecular flexibility index (Phi) is 11.1. The predicted octanol–water partition coefficient (Wildman–Crippen LogP) is 16.7. The van der Waals surface area contributed by atoms with Gasteiger partial charge in [0.25, 0.3) is 0 Å². The Morgan fingerprint density at radius 3 is 1.16 bits per heavy atom. The fraction of sp³-hybridized carbons (Fsp3) is 0.0541. The van der Waals surface area contributed by atoms with E-state index in [9.17, 15) is 0 Å². The summed E-state index contributed by atoms with van der Waals surface area (Å²) in [6, 6.07) is 74.3. The van der Waals surface area contributed by atoms with Gasteiger partial charge in [0.2, 0.25) is 35.0 Å². The largest absolute Gasteiger partial charge is 0.416 e. The molecule has 0 unspecified atom stereocenters. The molecule has 0 fully saturated rings. The highest BCUT2D eigenvalue weighted by molar-refractivity contribution is 7.24. The van der Waals surface area contributed by atoms with Crippen LogP contribution in [0.4, 0.5) is 0 Å². The van der Waals surface area contributed by atoms with E-state index >= 15 is 0 Å². The molecule has 0 spiro atoms.